The topological polar surface area (TPSA) is 24.9 Å². The van der Waals surface area contributed by atoms with Crippen LogP contribution in [0.3, 0.4) is 0 Å². The Kier molecular flexibility index (Phi) is 3.67. The van der Waals surface area contributed by atoms with Gasteiger partial charge in [-0.3, -0.25) is 0 Å². The molecule has 2 aromatic rings. The number of hydrogen-bond acceptors (Lipinski definition) is 3. The molecule has 0 spiro atoms. The van der Waals surface area contributed by atoms with Crippen LogP contribution in [0.5, 0.6) is 0 Å². The Morgan fingerprint density at radius 3 is 2.58 bits per heavy atom. The maximum Gasteiger partial charge on any atom is 0.0969 e. The summed E-state index contributed by atoms with van der Waals surface area (Å²) < 4.78 is 0. The van der Waals surface area contributed by atoms with Gasteiger partial charge < -0.3 is 5.32 Å². The van der Waals surface area contributed by atoms with Gasteiger partial charge in [0.2, 0.25) is 0 Å². The standard InChI is InChI=1S/C16H20N2S/c1-3-17-10-15-11(2)18-16(19-15)14-8-12-6-4-5-7-13(12)9-14/h4-7,14,17H,3,8-10H2,1-2H3. The second-order valence-electron chi connectivity index (χ2n) is 5.21. The van der Waals surface area contributed by atoms with E-state index in [0.29, 0.717) is 5.92 Å². The summed E-state index contributed by atoms with van der Waals surface area (Å²) in [6.45, 7) is 6.25. The van der Waals surface area contributed by atoms with Gasteiger partial charge in [-0.2, -0.15) is 0 Å². The number of rotatable bonds is 4. The zero-order valence-corrected chi connectivity index (χ0v) is 12.4. The van der Waals surface area contributed by atoms with Crippen LogP contribution in [-0.4, -0.2) is 11.5 Å². The third-order valence-electron chi connectivity index (χ3n) is 3.85. The van der Waals surface area contributed by atoms with E-state index < -0.39 is 0 Å². The molecule has 1 heterocycles. The number of nitrogens with zero attached hydrogens (tertiary/aromatic N) is 1. The lowest BCUT2D eigenvalue weighted by atomic mass is 10.1. The van der Waals surface area contributed by atoms with Gasteiger partial charge in [-0.15, -0.1) is 11.3 Å². The highest BCUT2D eigenvalue weighted by Crippen LogP contribution is 2.36. The van der Waals surface area contributed by atoms with Gasteiger partial charge in [0.15, 0.2) is 0 Å². The van der Waals surface area contributed by atoms with Crippen LogP contribution in [-0.2, 0) is 19.4 Å². The van der Waals surface area contributed by atoms with Crippen molar-refractivity contribution in [3.8, 4) is 0 Å². The Hall–Kier alpha value is -1.19. The fourth-order valence-corrected chi connectivity index (χ4v) is 3.90. The van der Waals surface area contributed by atoms with Crippen LogP contribution >= 0.6 is 11.3 Å². The highest BCUT2D eigenvalue weighted by Gasteiger charge is 2.25. The molecule has 19 heavy (non-hydrogen) atoms. The minimum absolute atomic E-state index is 0.594. The van der Waals surface area contributed by atoms with Crippen molar-refractivity contribution in [2.24, 2.45) is 0 Å². The lowest BCUT2D eigenvalue weighted by Crippen LogP contribution is -2.11. The SMILES string of the molecule is CCNCc1sc(C2Cc3ccccc3C2)nc1C. The van der Waals surface area contributed by atoms with Crippen LogP contribution in [0.15, 0.2) is 24.3 Å². The maximum atomic E-state index is 4.81. The van der Waals surface area contributed by atoms with E-state index in [1.807, 2.05) is 11.3 Å². The molecule has 2 nitrogen and oxygen atoms in total. The number of aromatic nitrogens is 1. The Morgan fingerprint density at radius 2 is 1.95 bits per heavy atom. The van der Waals surface area contributed by atoms with E-state index >= 15 is 0 Å². The molecule has 0 fully saturated rings. The molecule has 1 aliphatic carbocycles. The first-order valence-corrected chi connectivity index (χ1v) is 7.83. The van der Waals surface area contributed by atoms with Crippen LogP contribution in [0, 0.1) is 6.92 Å². The Bertz CT molecular complexity index is 549. The maximum absolute atomic E-state index is 4.81. The van der Waals surface area contributed by atoms with Crippen molar-refractivity contribution >= 4 is 11.3 Å². The lowest BCUT2D eigenvalue weighted by molar-refractivity contribution is 0.725. The van der Waals surface area contributed by atoms with Crippen LogP contribution in [0.4, 0.5) is 0 Å². The fourth-order valence-electron chi connectivity index (χ4n) is 2.76. The number of hydrogen-bond donors (Lipinski definition) is 1. The van der Waals surface area contributed by atoms with E-state index in [1.165, 1.54) is 26.7 Å². The molecule has 1 aliphatic rings. The van der Waals surface area contributed by atoms with Gasteiger partial charge in [-0.05, 0) is 37.4 Å². The zero-order valence-electron chi connectivity index (χ0n) is 11.6. The first-order valence-electron chi connectivity index (χ1n) is 7.01. The lowest BCUT2D eigenvalue weighted by Gasteiger charge is -2.03. The summed E-state index contributed by atoms with van der Waals surface area (Å²) in [6, 6.07) is 8.81. The molecular formula is C16H20N2S. The fraction of sp³-hybridized carbons (Fsp3) is 0.438. The number of fused-ring (bicyclic) bond motifs is 1. The highest BCUT2D eigenvalue weighted by atomic mass is 32.1. The van der Waals surface area contributed by atoms with E-state index in [9.17, 15) is 0 Å². The van der Waals surface area contributed by atoms with Crippen LogP contribution in [0.25, 0.3) is 0 Å². The average molecular weight is 272 g/mol. The third kappa shape index (κ3) is 2.58. The van der Waals surface area contributed by atoms with Gasteiger partial charge in [0.05, 0.1) is 10.7 Å². The summed E-state index contributed by atoms with van der Waals surface area (Å²) in [4.78, 5) is 6.20. The second kappa shape index (κ2) is 5.43. The summed E-state index contributed by atoms with van der Waals surface area (Å²) in [5.41, 5.74) is 4.22. The molecule has 3 rings (SSSR count). The average Bonchev–Trinajstić information content (AvgIpc) is 2.99. The Balaban J connectivity index is 1.78. The first kappa shape index (κ1) is 12.8. The molecule has 0 unspecified atom stereocenters. The largest absolute Gasteiger partial charge is 0.312 e. The van der Waals surface area contributed by atoms with Crippen molar-refractivity contribution in [1.29, 1.82) is 0 Å². The smallest absolute Gasteiger partial charge is 0.0969 e. The number of benzene rings is 1. The van der Waals surface area contributed by atoms with E-state index in [-0.39, 0.29) is 0 Å². The van der Waals surface area contributed by atoms with Crippen molar-refractivity contribution in [2.75, 3.05) is 6.54 Å². The molecule has 1 aromatic heterocycles. The predicted octanol–water partition coefficient (Wildman–Crippen LogP) is 3.44. The molecule has 0 saturated heterocycles. The molecule has 1 aromatic carbocycles. The molecular weight excluding hydrogens is 252 g/mol. The molecule has 1 N–H and O–H groups in total. The van der Waals surface area contributed by atoms with E-state index in [2.05, 4.69) is 43.4 Å². The number of thiazole rings is 1. The minimum Gasteiger partial charge on any atom is -0.312 e. The van der Waals surface area contributed by atoms with E-state index in [4.69, 9.17) is 4.98 Å². The van der Waals surface area contributed by atoms with Gasteiger partial charge in [0.25, 0.3) is 0 Å². The van der Waals surface area contributed by atoms with Crippen molar-refractivity contribution < 1.29 is 0 Å². The molecule has 100 valence electrons. The molecule has 0 amide bonds. The monoisotopic (exact) mass is 272 g/mol. The molecule has 0 bridgehead atoms. The van der Waals surface area contributed by atoms with E-state index in [0.717, 1.165) is 25.9 Å². The van der Waals surface area contributed by atoms with Crippen molar-refractivity contribution in [3.63, 3.8) is 0 Å². The predicted molar refractivity (Wildman–Crippen MR) is 80.8 cm³/mol. The first-order chi connectivity index (χ1) is 9.28. The van der Waals surface area contributed by atoms with Crippen molar-refractivity contribution in [1.82, 2.24) is 10.3 Å². The molecule has 3 heteroatoms. The van der Waals surface area contributed by atoms with Gasteiger partial charge in [-0.1, -0.05) is 31.2 Å². The zero-order chi connectivity index (χ0) is 13.2. The van der Waals surface area contributed by atoms with Crippen molar-refractivity contribution in [2.45, 2.75) is 39.2 Å². The van der Waals surface area contributed by atoms with Gasteiger partial charge in [0, 0.05) is 17.3 Å². The van der Waals surface area contributed by atoms with Gasteiger partial charge in [0.1, 0.15) is 0 Å². The summed E-state index contributed by atoms with van der Waals surface area (Å²) in [7, 11) is 0. The second-order valence-corrected chi connectivity index (χ2v) is 6.33. The van der Waals surface area contributed by atoms with E-state index in [1.54, 1.807) is 0 Å². The summed E-state index contributed by atoms with van der Waals surface area (Å²) >= 11 is 1.89. The van der Waals surface area contributed by atoms with Crippen LogP contribution in [0.1, 0.15) is 39.5 Å². The third-order valence-corrected chi connectivity index (χ3v) is 5.16. The van der Waals surface area contributed by atoms with Gasteiger partial charge in [-0.25, -0.2) is 4.98 Å². The summed E-state index contributed by atoms with van der Waals surface area (Å²) in [5, 5.41) is 4.72. The summed E-state index contributed by atoms with van der Waals surface area (Å²) in [5.74, 6) is 0.594. The number of aryl methyl sites for hydroxylation is 1. The number of nitrogens with one attached hydrogen (secondary N) is 1. The molecule has 0 aliphatic heterocycles. The quantitative estimate of drug-likeness (QED) is 0.922. The van der Waals surface area contributed by atoms with Crippen LogP contribution in [0.2, 0.25) is 0 Å². The van der Waals surface area contributed by atoms with Crippen molar-refractivity contribution in [3.05, 3.63) is 51.0 Å². The summed E-state index contributed by atoms with van der Waals surface area (Å²) in [6.07, 6.45) is 2.31. The molecule has 0 saturated carbocycles. The van der Waals surface area contributed by atoms with Crippen LogP contribution < -0.4 is 5.32 Å². The Morgan fingerprint density at radius 1 is 1.26 bits per heavy atom. The molecule has 0 atom stereocenters. The molecule has 0 radical (unpaired) electrons. The van der Waals surface area contributed by atoms with Gasteiger partial charge >= 0.3 is 0 Å². The minimum atomic E-state index is 0.594. The highest BCUT2D eigenvalue weighted by molar-refractivity contribution is 7.11. The Labute approximate surface area is 118 Å². The normalized spacial score (nSPS) is 14.8.